The molecule has 3 atom stereocenters. The zero-order chi connectivity index (χ0) is 10.4. The van der Waals surface area contributed by atoms with Crippen molar-refractivity contribution >= 4 is 5.97 Å². The molecular formula is C10H20NO2-. The van der Waals surface area contributed by atoms with E-state index in [0.717, 1.165) is 18.8 Å². The fourth-order valence-corrected chi connectivity index (χ4v) is 1.69. The van der Waals surface area contributed by atoms with Crippen LogP contribution < -0.4 is 10.8 Å². The van der Waals surface area contributed by atoms with E-state index in [0.29, 0.717) is 6.04 Å². The first-order chi connectivity index (χ1) is 5.93. The molecule has 0 aromatic rings. The highest BCUT2D eigenvalue weighted by Crippen LogP contribution is 2.26. The fraction of sp³-hybridized carbons (Fsp3) is 0.900. The van der Waals surface area contributed by atoms with Gasteiger partial charge in [0.05, 0.1) is 0 Å². The topological polar surface area (TPSA) is 66.1 Å². The summed E-state index contributed by atoms with van der Waals surface area (Å²) >= 11 is 0. The van der Waals surface area contributed by atoms with Crippen LogP contribution in [0.1, 0.15) is 40.0 Å². The summed E-state index contributed by atoms with van der Waals surface area (Å²) < 4.78 is 0. The normalized spacial score (nSPS) is 33.1. The minimum atomic E-state index is -1.08. The van der Waals surface area contributed by atoms with E-state index in [-0.39, 0.29) is 0 Å². The third-order valence-corrected chi connectivity index (χ3v) is 2.50. The third kappa shape index (κ3) is 6.58. The van der Waals surface area contributed by atoms with Gasteiger partial charge in [0, 0.05) is 12.0 Å². The number of hydrogen-bond donors (Lipinski definition) is 1. The first kappa shape index (κ1) is 12.4. The van der Waals surface area contributed by atoms with Crippen LogP contribution in [0.4, 0.5) is 0 Å². The Balaban J connectivity index is 0.000000310. The number of carbonyl (C=O) groups excluding carboxylic acids is 1. The zero-order valence-electron chi connectivity index (χ0n) is 8.75. The molecule has 1 fully saturated rings. The highest BCUT2D eigenvalue weighted by Gasteiger charge is 2.21. The van der Waals surface area contributed by atoms with Crippen LogP contribution in [0.5, 0.6) is 0 Å². The largest absolute Gasteiger partial charge is 0.550 e. The lowest BCUT2D eigenvalue weighted by Gasteiger charge is -2.29. The molecule has 1 aliphatic carbocycles. The number of aliphatic carboxylic acids is 1. The van der Waals surface area contributed by atoms with Gasteiger partial charge < -0.3 is 15.6 Å². The molecule has 3 heteroatoms. The standard InChI is InChI=1S/C8H17N.C2H4O2/c1-6-3-4-8(9)7(2)5-6;1-2(3)4/h6-8H,3-5,9H2,1-2H3;1H3,(H,3,4)/p-1. The molecule has 1 saturated carbocycles. The van der Waals surface area contributed by atoms with Crippen molar-refractivity contribution in [1.82, 2.24) is 0 Å². The van der Waals surface area contributed by atoms with Crippen molar-refractivity contribution in [3.05, 3.63) is 0 Å². The molecule has 0 aromatic carbocycles. The lowest BCUT2D eigenvalue weighted by molar-refractivity contribution is -0.302. The minimum Gasteiger partial charge on any atom is -0.550 e. The van der Waals surface area contributed by atoms with Gasteiger partial charge in [-0.15, -0.1) is 0 Å². The van der Waals surface area contributed by atoms with Crippen molar-refractivity contribution in [2.75, 3.05) is 0 Å². The molecular weight excluding hydrogens is 166 g/mol. The van der Waals surface area contributed by atoms with E-state index in [1.54, 1.807) is 0 Å². The van der Waals surface area contributed by atoms with Crippen LogP contribution in [0.15, 0.2) is 0 Å². The van der Waals surface area contributed by atoms with Crippen LogP contribution in [-0.4, -0.2) is 12.0 Å². The van der Waals surface area contributed by atoms with Gasteiger partial charge in [-0.25, -0.2) is 0 Å². The van der Waals surface area contributed by atoms with Crippen molar-refractivity contribution < 1.29 is 9.90 Å². The Labute approximate surface area is 80.3 Å². The van der Waals surface area contributed by atoms with Crippen LogP contribution in [0.25, 0.3) is 0 Å². The Hall–Kier alpha value is -0.570. The maximum Gasteiger partial charge on any atom is 0.0383 e. The van der Waals surface area contributed by atoms with Crippen molar-refractivity contribution in [2.24, 2.45) is 17.6 Å². The third-order valence-electron chi connectivity index (χ3n) is 2.50. The van der Waals surface area contributed by atoms with Crippen LogP contribution in [0.2, 0.25) is 0 Å². The van der Waals surface area contributed by atoms with Crippen molar-refractivity contribution in [1.29, 1.82) is 0 Å². The smallest absolute Gasteiger partial charge is 0.0383 e. The van der Waals surface area contributed by atoms with E-state index in [1.165, 1.54) is 19.3 Å². The molecule has 0 amide bonds. The van der Waals surface area contributed by atoms with E-state index in [9.17, 15) is 0 Å². The second-order valence-corrected chi connectivity index (χ2v) is 4.05. The van der Waals surface area contributed by atoms with Gasteiger partial charge in [-0.2, -0.15) is 0 Å². The summed E-state index contributed by atoms with van der Waals surface area (Å²) in [5.41, 5.74) is 5.84. The minimum absolute atomic E-state index is 0.487. The summed E-state index contributed by atoms with van der Waals surface area (Å²) in [6.45, 7) is 5.56. The average molecular weight is 186 g/mol. The van der Waals surface area contributed by atoms with Gasteiger partial charge in [0.15, 0.2) is 0 Å². The Kier molecular flexibility index (Phi) is 5.71. The lowest BCUT2D eigenvalue weighted by Crippen LogP contribution is -2.33. The molecule has 3 nitrogen and oxygen atoms in total. The molecule has 0 radical (unpaired) electrons. The molecule has 0 spiro atoms. The Morgan fingerprint density at radius 3 is 2.15 bits per heavy atom. The molecule has 0 heterocycles. The van der Waals surface area contributed by atoms with Gasteiger partial charge >= 0.3 is 0 Å². The molecule has 0 aromatic heterocycles. The van der Waals surface area contributed by atoms with Crippen molar-refractivity contribution in [3.63, 3.8) is 0 Å². The van der Waals surface area contributed by atoms with E-state index in [4.69, 9.17) is 15.6 Å². The fourth-order valence-electron chi connectivity index (χ4n) is 1.69. The van der Waals surface area contributed by atoms with Gasteiger partial charge in [-0.05, 0) is 38.0 Å². The monoisotopic (exact) mass is 186 g/mol. The van der Waals surface area contributed by atoms with E-state index >= 15 is 0 Å². The van der Waals surface area contributed by atoms with Gasteiger partial charge in [0.25, 0.3) is 0 Å². The number of nitrogens with two attached hydrogens (primary N) is 1. The SMILES string of the molecule is CC(=O)[O-].CC1CCC(N)C(C)C1. The quantitative estimate of drug-likeness (QED) is 0.600. The predicted octanol–water partition coefficient (Wildman–Crippen LogP) is 0.526. The predicted molar refractivity (Wildman–Crippen MR) is 50.8 cm³/mol. The molecule has 2 N–H and O–H groups in total. The highest BCUT2D eigenvalue weighted by molar-refractivity contribution is 5.60. The molecule has 13 heavy (non-hydrogen) atoms. The van der Waals surface area contributed by atoms with Crippen LogP contribution in [-0.2, 0) is 4.79 Å². The van der Waals surface area contributed by atoms with Gasteiger partial charge in [-0.1, -0.05) is 13.8 Å². The molecule has 0 bridgehead atoms. The molecule has 3 unspecified atom stereocenters. The highest BCUT2D eigenvalue weighted by atomic mass is 16.4. The summed E-state index contributed by atoms with van der Waals surface area (Å²) in [6, 6.07) is 0.487. The summed E-state index contributed by atoms with van der Waals surface area (Å²) in [7, 11) is 0. The molecule has 0 saturated heterocycles. The molecule has 1 aliphatic rings. The summed E-state index contributed by atoms with van der Waals surface area (Å²) in [5.74, 6) is 0.591. The van der Waals surface area contributed by atoms with Crippen LogP contribution >= 0.6 is 0 Å². The first-order valence-electron chi connectivity index (χ1n) is 4.86. The maximum absolute atomic E-state index is 8.89. The zero-order valence-corrected chi connectivity index (χ0v) is 8.75. The lowest BCUT2D eigenvalue weighted by atomic mass is 9.80. The number of rotatable bonds is 0. The van der Waals surface area contributed by atoms with E-state index < -0.39 is 5.97 Å². The Bertz CT molecular complexity index is 155. The first-order valence-corrected chi connectivity index (χ1v) is 4.86. The van der Waals surface area contributed by atoms with E-state index in [2.05, 4.69) is 13.8 Å². The number of carboxylic acids is 1. The van der Waals surface area contributed by atoms with Crippen molar-refractivity contribution in [2.45, 2.75) is 46.1 Å². The Morgan fingerprint density at radius 2 is 1.85 bits per heavy atom. The summed E-state index contributed by atoms with van der Waals surface area (Å²) in [4.78, 5) is 8.89. The Morgan fingerprint density at radius 1 is 1.38 bits per heavy atom. The molecule has 1 rings (SSSR count). The second kappa shape index (κ2) is 5.97. The van der Waals surface area contributed by atoms with Gasteiger partial charge in [0.2, 0.25) is 0 Å². The van der Waals surface area contributed by atoms with Crippen LogP contribution in [0.3, 0.4) is 0 Å². The number of hydrogen-bond acceptors (Lipinski definition) is 3. The number of carboxylic acid groups (broad SMARTS) is 1. The van der Waals surface area contributed by atoms with Crippen LogP contribution in [0, 0.1) is 11.8 Å². The summed E-state index contributed by atoms with van der Waals surface area (Å²) in [5, 5.41) is 8.89. The maximum atomic E-state index is 8.89. The second-order valence-electron chi connectivity index (χ2n) is 4.05. The average Bonchev–Trinajstić information content (AvgIpc) is 1.96. The van der Waals surface area contributed by atoms with E-state index in [1.807, 2.05) is 0 Å². The molecule has 0 aliphatic heterocycles. The van der Waals surface area contributed by atoms with Gasteiger partial charge in [-0.3, -0.25) is 0 Å². The summed E-state index contributed by atoms with van der Waals surface area (Å²) in [6.07, 6.45) is 3.91. The molecule has 78 valence electrons. The van der Waals surface area contributed by atoms with Crippen molar-refractivity contribution in [3.8, 4) is 0 Å². The van der Waals surface area contributed by atoms with Gasteiger partial charge in [0.1, 0.15) is 0 Å². The number of carbonyl (C=O) groups is 1.